The maximum atomic E-state index is 13.2. The number of piperazine rings is 1. The number of ether oxygens (including phenoxy) is 1. The lowest BCUT2D eigenvalue weighted by Gasteiger charge is -2.41. The monoisotopic (exact) mass is 435 g/mol. The fourth-order valence-electron chi connectivity index (χ4n) is 3.88. The predicted octanol–water partition coefficient (Wildman–Crippen LogP) is 1.42. The summed E-state index contributed by atoms with van der Waals surface area (Å²) < 4.78 is 10.8. The van der Waals surface area contributed by atoms with Crippen LogP contribution in [0.3, 0.4) is 0 Å². The molecule has 3 heterocycles. The zero-order valence-electron chi connectivity index (χ0n) is 16.9. The van der Waals surface area contributed by atoms with Crippen LogP contribution in [-0.2, 0) is 11.4 Å². The Hall–Kier alpha value is -2.65. The number of likely N-dealkylation sites (tertiary alicyclic amines) is 1. The highest BCUT2D eigenvalue weighted by atomic mass is 35.5. The quantitative estimate of drug-likeness (QED) is 0.757. The fourth-order valence-corrected chi connectivity index (χ4v) is 3.88. The van der Waals surface area contributed by atoms with Crippen LogP contribution in [0, 0.1) is 6.92 Å². The molecule has 0 radical (unpaired) electrons. The van der Waals surface area contributed by atoms with Crippen molar-refractivity contribution in [2.24, 2.45) is 0 Å². The minimum Gasteiger partial charge on any atom is -0.485 e. The van der Waals surface area contributed by atoms with Crippen molar-refractivity contribution >= 4 is 24.2 Å². The first-order chi connectivity index (χ1) is 14.1. The zero-order valence-corrected chi connectivity index (χ0v) is 17.7. The third kappa shape index (κ3) is 4.91. The summed E-state index contributed by atoms with van der Waals surface area (Å²) in [6, 6.07) is 7.24. The van der Waals surface area contributed by atoms with E-state index < -0.39 is 0 Å². The van der Waals surface area contributed by atoms with Crippen molar-refractivity contribution in [1.82, 2.24) is 25.3 Å². The molecule has 1 unspecified atom stereocenters. The second-order valence-electron chi connectivity index (χ2n) is 7.33. The summed E-state index contributed by atoms with van der Waals surface area (Å²) in [5.74, 6) is 1.40. The maximum absolute atomic E-state index is 13.2. The lowest BCUT2D eigenvalue weighted by atomic mass is 10.0. The number of carbonyl (C=O) groups excluding carboxylic acids is 2. The number of nitrogens with zero attached hydrogens (tertiary/aromatic N) is 4. The average molecular weight is 436 g/mol. The van der Waals surface area contributed by atoms with Crippen LogP contribution in [0.2, 0.25) is 0 Å². The molecule has 0 aliphatic carbocycles. The normalized spacial score (nSPS) is 19.4. The van der Waals surface area contributed by atoms with Crippen molar-refractivity contribution in [1.29, 1.82) is 0 Å². The molecule has 0 saturated carbocycles. The van der Waals surface area contributed by atoms with Gasteiger partial charge in [-0.05, 0) is 25.0 Å². The van der Waals surface area contributed by atoms with E-state index in [2.05, 4.69) is 15.5 Å². The number of aryl methyl sites for hydroxylation is 1. The summed E-state index contributed by atoms with van der Waals surface area (Å²) in [6.45, 7) is 4.91. The van der Waals surface area contributed by atoms with Gasteiger partial charge in [0, 0.05) is 39.1 Å². The third-order valence-electron chi connectivity index (χ3n) is 5.29. The van der Waals surface area contributed by atoms with Crippen LogP contribution in [0.25, 0.3) is 0 Å². The molecule has 30 heavy (non-hydrogen) atoms. The third-order valence-corrected chi connectivity index (χ3v) is 5.29. The first kappa shape index (κ1) is 22.0. The van der Waals surface area contributed by atoms with Crippen LogP contribution < -0.4 is 10.1 Å². The molecular weight excluding hydrogens is 410 g/mol. The van der Waals surface area contributed by atoms with Crippen LogP contribution in [-0.4, -0.2) is 70.5 Å². The first-order valence-corrected chi connectivity index (χ1v) is 9.92. The lowest BCUT2D eigenvalue weighted by Crippen LogP contribution is -2.57. The summed E-state index contributed by atoms with van der Waals surface area (Å²) in [5, 5.41) is 6.91. The average Bonchev–Trinajstić information content (AvgIpc) is 3.17. The number of nitrogens with one attached hydrogen (secondary N) is 1. The summed E-state index contributed by atoms with van der Waals surface area (Å²) in [4.78, 5) is 33.3. The van der Waals surface area contributed by atoms with Gasteiger partial charge in [-0.25, -0.2) is 0 Å². The molecule has 2 aliphatic rings. The van der Waals surface area contributed by atoms with Crippen LogP contribution in [0.1, 0.15) is 34.9 Å². The van der Waals surface area contributed by atoms with Crippen molar-refractivity contribution in [3.63, 3.8) is 0 Å². The highest BCUT2D eigenvalue weighted by Gasteiger charge is 2.32. The Morgan fingerprint density at radius 1 is 1.33 bits per heavy atom. The number of aromatic nitrogens is 2. The number of rotatable bonds is 5. The number of halogens is 1. The van der Waals surface area contributed by atoms with Crippen molar-refractivity contribution in [3.8, 4) is 5.75 Å². The van der Waals surface area contributed by atoms with E-state index in [0.29, 0.717) is 49.2 Å². The molecule has 10 heteroatoms. The number of hydrogen-bond donors (Lipinski definition) is 1. The van der Waals surface area contributed by atoms with Crippen LogP contribution in [0.5, 0.6) is 5.75 Å². The summed E-state index contributed by atoms with van der Waals surface area (Å²) in [5.41, 5.74) is 0.500. The molecule has 162 valence electrons. The van der Waals surface area contributed by atoms with E-state index in [-0.39, 0.29) is 36.9 Å². The van der Waals surface area contributed by atoms with Gasteiger partial charge in [0.05, 0.1) is 12.1 Å². The van der Waals surface area contributed by atoms with Crippen molar-refractivity contribution in [3.05, 3.63) is 41.5 Å². The standard InChI is InChI=1S/C20H25N5O4.ClH/c1-14-22-18(23-29-14)13-28-17-7-3-2-6-16(17)20(27)24-9-4-5-15(12-24)25-10-8-21-11-19(25)26;/h2-3,6-7,15,21H,4-5,8-13H2,1H3;1H. The largest absolute Gasteiger partial charge is 0.485 e. The Morgan fingerprint density at radius 2 is 2.17 bits per heavy atom. The van der Waals surface area contributed by atoms with E-state index in [0.717, 1.165) is 19.4 Å². The highest BCUT2D eigenvalue weighted by Crippen LogP contribution is 2.24. The van der Waals surface area contributed by atoms with Crippen molar-refractivity contribution in [2.75, 3.05) is 32.7 Å². The van der Waals surface area contributed by atoms with E-state index in [1.807, 2.05) is 21.9 Å². The molecule has 1 aromatic heterocycles. The number of hydrogen-bond acceptors (Lipinski definition) is 7. The number of piperidine rings is 1. The molecule has 2 fully saturated rings. The van der Waals surface area contributed by atoms with Gasteiger partial charge in [-0.15, -0.1) is 12.4 Å². The van der Waals surface area contributed by atoms with E-state index in [4.69, 9.17) is 9.26 Å². The van der Waals surface area contributed by atoms with Gasteiger partial charge in [-0.3, -0.25) is 9.59 Å². The second kappa shape index (κ2) is 9.90. The SMILES string of the molecule is Cc1nc(COc2ccccc2C(=O)N2CCCC(N3CCNCC3=O)C2)no1.Cl. The second-order valence-corrected chi connectivity index (χ2v) is 7.33. The summed E-state index contributed by atoms with van der Waals surface area (Å²) in [7, 11) is 0. The Balaban J connectivity index is 0.00000256. The maximum Gasteiger partial charge on any atom is 0.257 e. The molecule has 2 amide bonds. The van der Waals surface area contributed by atoms with E-state index in [9.17, 15) is 9.59 Å². The molecule has 1 atom stereocenters. The minimum absolute atomic E-state index is 0. The molecule has 1 aromatic carbocycles. The number of para-hydroxylation sites is 1. The van der Waals surface area contributed by atoms with Crippen LogP contribution >= 0.6 is 12.4 Å². The van der Waals surface area contributed by atoms with Gasteiger partial charge in [0.15, 0.2) is 6.61 Å². The van der Waals surface area contributed by atoms with Crippen molar-refractivity contribution in [2.45, 2.75) is 32.4 Å². The molecule has 2 aliphatic heterocycles. The van der Waals surface area contributed by atoms with Gasteiger partial charge in [0.1, 0.15) is 5.75 Å². The Morgan fingerprint density at radius 3 is 2.93 bits per heavy atom. The van der Waals surface area contributed by atoms with Gasteiger partial charge in [-0.2, -0.15) is 4.98 Å². The molecular formula is C20H26ClN5O4. The zero-order chi connectivity index (χ0) is 20.2. The first-order valence-electron chi connectivity index (χ1n) is 9.92. The molecule has 0 spiro atoms. The minimum atomic E-state index is -0.0859. The molecule has 9 nitrogen and oxygen atoms in total. The topological polar surface area (TPSA) is 101 Å². The van der Waals surface area contributed by atoms with E-state index >= 15 is 0 Å². The summed E-state index contributed by atoms with van der Waals surface area (Å²) in [6.07, 6.45) is 1.80. The Labute approximate surface area is 181 Å². The molecule has 2 saturated heterocycles. The van der Waals surface area contributed by atoms with Crippen molar-refractivity contribution < 1.29 is 18.8 Å². The Kier molecular flexibility index (Phi) is 7.28. The van der Waals surface area contributed by atoms with E-state index in [1.54, 1.807) is 19.1 Å². The van der Waals surface area contributed by atoms with Crippen LogP contribution in [0.4, 0.5) is 0 Å². The molecule has 1 N–H and O–H groups in total. The lowest BCUT2D eigenvalue weighted by molar-refractivity contribution is -0.135. The summed E-state index contributed by atoms with van der Waals surface area (Å²) >= 11 is 0. The van der Waals surface area contributed by atoms with Gasteiger partial charge < -0.3 is 24.4 Å². The molecule has 2 aromatic rings. The predicted molar refractivity (Wildman–Crippen MR) is 111 cm³/mol. The van der Waals surface area contributed by atoms with Crippen LogP contribution in [0.15, 0.2) is 28.8 Å². The number of benzene rings is 1. The van der Waals surface area contributed by atoms with Gasteiger partial charge in [0.2, 0.25) is 17.6 Å². The van der Waals surface area contributed by atoms with E-state index in [1.165, 1.54) is 0 Å². The smallest absolute Gasteiger partial charge is 0.257 e. The molecule has 0 bridgehead atoms. The fraction of sp³-hybridized carbons (Fsp3) is 0.500. The highest BCUT2D eigenvalue weighted by molar-refractivity contribution is 5.97. The van der Waals surface area contributed by atoms with Gasteiger partial charge in [-0.1, -0.05) is 17.3 Å². The number of carbonyl (C=O) groups is 2. The Bertz CT molecular complexity index is 890. The molecule has 4 rings (SSSR count). The van der Waals surface area contributed by atoms with Gasteiger partial charge >= 0.3 is 0 Å². The van der Waals surface area contributed by atoms with Gasteiger partial charge in [0.25, 0.3) is 5.91 Å². The number of amides is 2.